The fourth-order valence-corrected chi connectivity index (χ4v) is 7.53. The molecule has 118 valence electrons. The molecular weight excluding hydrogens is 264 g/mol. The van der Waals surface area contributed by atoms with Crippen LogP contribution in [0.25, 0.3) is 0 Å². The molecule has 2 rings (SSSR count). The Labute approximate surface area is 127 Å². The van der Waals surface area contributed by atoms with Crippen molar-refractivity contribution in [3.8, 4) is 0 Å². The Hall–Kier alpha value is 0.137. The molecule has 0 aliphatic heterocycles. The van der Waals surface area contributed by atoms with Gasteiger partial charge in [-0.05, 0) is 51.4 Å². The highest BCUT2D eigenvalue weighted by Crippen LogP contribution is 2.56. The lowest BCUT2D eigenvalue weighted by Gasteiger charge is -2.48. The van der Waals surface area contributed by atoms with E-state index in [0.717, 1.165) is 25.0 Å². The second-order valence-corrected chi connectivity index (χ2v) is 9.47. The number of rotatable bonds is 6. The van der Waals surface area contributed by atoms with Crippen LogP contribution in [0.3, 0.4) is 0 Å². The highest BCUT2D eigenvalue weighted by molar-refractivity contribution is 6.48. The van der Waals surface area contributed by atoms with E-state index in [1.54, 1.807) is 0 Å². The molecule has 0 aromatic rings. The molecule has 0 bridgehead atoms. The Morgan fingerprint density at radius 1 is 0.900 bits per heavy atom. The average molecular weight is 299 g/mol. The molecule has 0 aromatic carbocycles. The van der Waals surface area contributed by atoms with E-state index < -0.39 is 9.28 Å². The van der Waals surface area contributed by atoms with Crippen molar-refractivity contribution in [2.45, 2.75) is 83.6 Å². The van der Waals surface area contributed by atoms with E-state index in [0.29, 0.717) is 5.04 Å². The maximum atomic E-state index is 6.22. The SMILES string of the molecule is CCO[SiH](OCC)C1(C2CCC(C)CC2)CCCCC1. The van der Waals surface area contributed by atoms with Crippen LogP contribution >= 0.6 is 0 Å². The molecule has 20 heavy (non-hydrogen) atoms. The highest BCUT2D eigenvalue weighted by Gasteiger charge is 2.49. The topological polar surface area (TPSA) is 18.5 Å². The van der Waals surface area contributed by atoms with Gasteiger partial charge < -0.3 is 8.85 Å². The lowest BCUT2D eigenvalue weighted by atomic mass is 9.70. The molecule has 0 spiro atoms. The maximum absolute atomic E-state index is 6.22. The first kappa shape index (κ1) is 16.5. The van der Waals surface area contributed by atoms with E-state index in [2.05, 4.69) is 20.8 Å². The Kier molecular flexibility index (Phi) is 6.56. The quantitative estimate of drug-likeness (QED) is 0.655. The van der Waals surface area contributed by atoms with Gasteiger partial charge in [-0.3, -0.25) is 0 Å². The van der Waals surface area contributed by atoms with Gasteiger partial charge in [0.2, 0.25) is 0 Å². The van der Waals surface area contributed by atoms with Gasteiger partial charge in [0.15, 0.2) is 0 Å². The lowest BCUT2D eigenvalue weighted by molar-refractivity contribution is 0.111. The van der Waals surface area contributed by atoms with Gasteiger partial charge in [-0.25, -0.2) is 0 Å². The van der Waals surface area contributed by atoms with E-state index in [1.165, 1.54) is 57.8 Å². The van der Waals surface area contributed by atoms with Gasteiger partial charge in [0.25, 0.3) is 0 Å². The molecule has 0 N–H and O–H groups in total. The summed E-state index contributed by atoms with van der Waals surface area (Å²) >= 11 is 0. The van der Waals surface area contributed by atoms with Crippen LogP contribution in [0.1, 0.15) is 78.6 Å². The molecular formula is C17H34O2Si. The van der Waals surface area contributed by atoms with Gasteiger partial charge in [-0.1, -0.05) is 39.0 Å². The zero-order chi connectivity index (χ0) is 14.4. The van der Waals surface area contributed by atoms with Crippen LogP contribution in [0.4, 0.5) is 0 Å². The third-order valence-corrected chi connectivity index (χ3v) is 8.98. The first-order valence-electron chi connectivity index (χ1n) is 8.96. The van der Waals surface area contributed by atoms with Gasteiger partial charge in [0, 0.05) is 18.3 Å². The minimum atomic E-state index is -1.54. The second kappa shape index (κ2) is 7.95. The Morgan fingerprint density at radius 3 is 1.95 bits per heavy atom. The lowest BCUT2D eigenvalue weighted by Crippen LogP contribution is -2.45. The molecule has 0 atom stereocenters. The summed E-state index contributed by atoms with van der Waals surface area (Å²) in [6.07, 6.45) is 12.7. The number of hydrogen-bond donors (Lipinski definition) is 0. The van der Waals surface area contributed by atoms with Crippen molar-refractivity contribution < 1.29 is 8.85 Å². The minimum Gasteiger partial charge on any atom is -0.396 e. The smallest absolute Gasteiger partial charge is 0.328 e. The zero-order valence-electron chi connectivity index (χ0n) is 13.8. The molecule has 0 aromatic heterocycles. The average Bonchev–Trinajstić information content (AvgIpc) is 2.48. The maximum Gasteiger partial charge on any atom is 0.328 e. The van der Waals surface area contributed by atoms with Crippen molar-refractivity contribution >= 4 is 9.28 Å². The molecule has 2 aliphatic carbocycles. The third-order valence-electron chi connectivity index (χ3n) is 5.72. The summed E-state index contributed by atoms with van der Waals surface area (Å²) in [7, 11) is -1.54. The van der Waals surface area contributed by atoms with Crippen molar-refractivity contribution in [3.05, 3.63) is 0 Å². The monoisotopic (exact) mass is 298 g/mol. The summed E-state index contributed by atoms with van der Waals surface area (Å²) in [5.74, 6) is 1.82. The van der Waals surface area contributed by atoms with E-state index in [9.17, 15) is 0 Å². The summed E-state index contributed by atoms with van der Waals surface area (Å²) in [4.78, 5) is 0. The van der Waals surface area contributed by atoms with E-state index in [4.69, 9.17) is 8.85 Å². The van der Waals surface area contributed by atoms with Gasteiger partial charge in [-0.15, -0.1) is 0 Å². The van der Waals surface area contributed by atoms with E-state index in [1.807, 2.05) is 0 Å². The molecule has 3 heteroatoms. The van der Waals surface area contributed by atoms with Gasteiger partial charge in [0.1, 0.15) is 0 Å². The number of hydrogen-bond acceptors (Lipinski definition) is 2. The van der Waals surface area contributed by atoms with Crippen molar-refractivity contribution in [1.29, 1.82) is 0 Å². The molecule has 2 aliphatic rings. The largest absolute Gasteiger partial charge is 0.396 e. The van der Waals surface area contributed by atoms with Crippen LogP contribution in [0.2, 0.25) is 5.04 Å². The van der Waals surface area contributed by atoms with Crippen LogP contribution in [0.15, 0.2) is 0 Å². The normalized spacial score (nSPS) is 30.6. The summed E-state index contributed by atoms with van der Waals surface area (Å²) in [5, 5.41) is 0.449. The first-order chi connectivity index (χ1) is 9.73. The van der Waals surface area contributed by atoms with Crippen LogP contribution in [0, 0.1) is 11.8 Å². The summed E-state index contributed by atoms with van der Waals surface area (Å²) in [6, 6.07) is 0. The van der Waals surface area contributed by atoms with Crippen LogP contribution in [-0.2, 0) is 8.85 Å². The Morgan fingerprint density at radius 2 is 1.45 bits per heavy atom. The minimum absolute atomic E-state index is 0.449. The second-order valence-electron chi connectivity index (χ2n) is 6.99. The Balaban J connectivity index is 2.14. The predicted molar refractivity (Wildman–Crippen MR) is 87.3 cm³/mol. The summed E-state index contributed by atoms with van der Waals surface area (Å²) in [5.41, 5.74) is 0. The van der Waals surface area contributed by atoms with Crippen molar-refractivity contribution in [2.75, 3.05) is 13.2 Å². The van der Waals surface area contributed by atoms with Crippen molar-refractivity contribution in [1.82, 2.24) is 0 Å². The third kappa shape index (κ3) is 3.66. The Bertz CT molecular complexity index is 262. The zero-order valence-corrected chi connectivity index (χ0v) is 15.0. The molecule has 0 amide bonds. The van der Waals surface area contributed by atoms with Crippen LogP contribution < -0.4 is 0 Å². The summed E-state index contributed by atoms with van der Waals surface area (Å²) < 4.78 is 12.4. The fourth-order valence-electron chi connectivity index (χ4n) is 4.56. The van der Waals surface area contributed by atoms with E-state index in [-0.39, 0.29) is 0 Å². The molecule has 2 nitrogen and oxygen atoms in total. The molecule has 2 saturated carbocycles. The summed E-state index contributed by atoms with van der Waals surface area (Å²) in [6.45, 7) is 8.37. The molecule has 0 saturated heterocycles. The van der Waals surface area contributed by atoms with Crippen molar-refractivity contribution in [3.63, 3.8) is 0 Å². The van der Waals surface area contributed by atoms with E-state index >= 15 is 0 Å². The molecule has 0 radical (unpaired) electrons. The highest BCUT2D eigenvalue weighted by atomic mass is 28.3. The van der Waals surface area contributed by atoms with Crippen LogP contribution in [0.5, 0.6) is 0 Å². The molecule has 2 fully saturated rings. The van der Waals surface area contributed by atoms with Crippen LogP contribution in [-0.4, -0.2) is 22.5 Å². The standard InChI is InChI=1S/C17H34O2Si/c1-4-18-20(19-5-2)17(13-7-6-8-14-17)16-11-9-15(3)10-12-16/h15-16,20H,4-14H2,1-3H3. The molecule has 0 heterocycles. The molecule has 0 unspecified atom stereocenters. The van der Waals surface area contributed by atoms with Gasteiger partial charge >= 0.3 is 9.28 Å². The first-order valence-corrected chi connectivity index (χ1v) is 10.5. The van der Waals surface area contributed by atoms with Gasteiger partial charge in [-0.2, -0.15) is 0 Å². The van der Waals surface area contributed by atoms with Gasteiger partial charge in [0.05, 0.1) is 0 Å². The fraction of sp³-hybridized carbons (Fsp3) is 1.00. The van der Waals surface area contributed by atoms with Crippen molar-refractivity contribution in [2.24, 2.45) is 11.8 Å². The predicted octanol–water partition coefficient (Wildman–Crippen LogP) is 4.81.